The fourth-order valence-electron chi connectivity index (χ4n) is 4.82. The number of halogens is 2. The van der Waals surface area contributed by atoms with E-state index in [1.807, 2.05) is 68.4 Å². The summed E-state index contributed by atoms with van der Waals surface area (Å²) in [7, 11) is -4.25. The molecule has 0 aromatic heterocycles. The summed E-state index contributed by atoms with van der Waals surface area (Å²) in [5, 5.41) is 3.37. The molecule has 0 saturated carbocycles. The molecule has 0 heterocycles. The van der Waals surface area contributed by atoms with E-state index in [1.54, 1.807) is 18.2 Å². The van der Waals surface area contributed by atoms with Gasteiger partial charge in [-0.05, 0) is 60.4 Å². The Hall–Kier alpha value is -3.85. The lowest BCUT2D eigenvalue weighted by molar-refractivity contribution is -0.140. The van der Waals surface area contributed by atoms with E-state index >= 15 is 0 Å². The van der Waals surface area contributed by atoms with Gasteiger partial charge in [-0.1, -0.05) is 103 Å². The van der Waals surface area contributed by atoms with Crippen molar-refractivity contribution in [1.82, 2.24) is 10.2 Å². The number of aryl methyl sites for hydroxylation is 1. The van der Waals surface area contributed by atoms with Gasteiger partial charge in [-0.25, -0.2) is 8.42 Å². The van der Waals surface area contributed by atoms with E-state index in [2.05, 4.69) is 5.32 Å². The highest BCUT2D eigenvalue weighted by Crippen LogP contribution is 2.30. The molecular formula is C34H35Cl2N3O4S. The lowest BCUT2D eigenvalue weighted by Crippen LogP contribution is -2.53. The van der Waals surface area contributed by atoms with Crippen molar-refractivity contribution in [3.8, 4) is 0 Å². The van der Waals surface area contributed by atoms with Gasteiger partial charge in [0.05, 0.1) is 10.6 Å². The Morgan fingerprint density at radius 2 is 1.43 bits per heavy atom. The van der Waals surface area contributed by atoms with Crippen LogP contribution in [0.1, 0.15) is 30.0 Å². The van der Waals surface area contributed by atoms with Gasteiger partial charge in [0, 0.05) is 29.6 Å². The van der Waals surface area contributed by atoms with Crippen LogP contribution in [0.25, 0.3) is 0 Å². The van der Waals surface area contributed by atoms with Gasteiger partial charge in [-0.2, -0.15) is 0 Å². The highest BCUT2D eigenvalue weighted by molar-refractivity contribution is 7.92. The number of hydrogen-bond donors (Lipinski definition) is 1. The van der Waals surface area contributed by atoms with Crippen LogP contribution < -0.4 is 9.62 Å². The van der Waals surface area contributed by atoms with E-state index in [0.717, 1.165) is 21.0 Å². The summed E-state index contributed by atoms with van der Waals surface area (Å²) in [5.41, 5.74) is 2.77. The van der Waals surface area contributed by atoms with E-state index in [-0.39, 0.29) is 39.5 Å². The minimum absolute atomic E-state index is 0.00382. The number of benzene rings is 4. The first-order chi connectivity index (χ1) is 21.1. The molecule has 0 unspecified atom stereocenters. The number of carbonyl (C=O) groups excluding carboxylic acids is 2. The van der Waals surface area contributed by atoms with E-state index in [0.29, 0.717) is 13.0 Å². The van der Waals surface area contributed by atoms with Crippen LogP contribution in [0.3, 0.4) is 0 Å². The predicted octanol–water partition coefficient (Wildman–Crippen LogP) is 6.66. The SMILES string of the molecule is CCCNC(=O)[C@@H](Cc1ccccc1)N(Cc1ccccc1C)C(=O)CN(c1cc(Cl)cc(Cl)c1)S(=O)(=O)c1ccccc1. The van der Waals surface area contributed by atoms with Crippen molar-refractivity contribution in [1.29, 1.82) is 0 Å². The van der Waals surface area contributed by atoms with Crippen molar-refractivity contribution in [3.63, 3.8) is 0 Å². The molecule has 4 rings (SSSR count). The maximum atomic E-state index is 14.5. The van der Waals surface area contributed by atoms with E-state index in [9.17, 15) is 18.0 Å². The third kappa shape index (κ3) is 8.40. The van der Waals surface area contributed by atoms with Crippen LogP contribution >= 0.6 is 23.2 Å². The summed E-state index contributed by atoms with van der Waals surface area (Å²) < 4.78 is 29.1. The van der Waals surface area contributed by atoms with Crippen LogP contribution in [0.4, 0.5) is 5.69 Å². The summed E-state index contributed by atoms with van der Waals surface area (Å²) in [6.45, 7) is 3.82. The molecule has 0 bridgehead atoms. The number of sulfonamides is 1. The highest BCUT2D eigenvalue weighted by Gasteiger charge is 2.35. The number of nitrogens with zero attached hydrogens (tertiary/aromatic N) is 2. The zero-order valence-electron chi connectivity index (χ0n) is 24.6. The molecule has 2 amide bonds. The molecule has 4 aromatic carbocycles. The smallest absolute Gasteiger partial charge is 0.264 e. The summed E-state index contributed by atoms with van der Waals surface area (Å²) in [4.78, 5) is 29.7. The lowest BCUT2D eigenvalue weighted by Gasteiger charge is -2.34. The van der Waals surface area contributed by atoms with Gasteiger partial charge < -0.3 is 10.2 Å². The minimum atomic E-state index is -4.25. The summed E-state index contributed by atoms with van der Waals surface area (Å²) in [5.74, 6) is -0.877. The normalized spacial score (nSPS) is 11.9. The molecule has 230 valence electrons. The fraction of sp³-hybridized carbons (Fsp3) is 0.235. The van der Waals surface area contributed by atoms with Gasteiger partial charge in [-0.15, -0.1) is 0 Å². The van der Waals surface area contributed by atoms with Gasteiger partial charge in [-0.3, -0.25) is 13.9 Å². The molecular weight excluding hydrogens is 617 g/mol. The fourth-order valence-corrected chi connectivity index (χ4v) is 6.76. The Balaban J connectivity index is 1.82. The second-order valence-corrected chi connectivity index (χ2v) is 13.1. The van der Waals surface area contributed by atoms with Crippen LogP contribution in [0.15, 0.2) is 108 Å². The van der Waals surface area contributed by atoms with Crippen LogP contribution in [0.2, 0.25) is 10.0 Å². The summed E-state index contributed by atoms with van der Waals surface area (Å²) in [6, 6.07) is 28.3. The van der Waals surface area contributed by atoms with E-state index in [1.165, 1.54) is 35.2 Å². The molecule has 0 radical (unpaired) electrons. The van der Waals surface area contributed by atoms with Crippen molar-refractivity contribution < 1.29 is 18.0 Å². The van der Waals surface area contributed by atoms with Crippen LogP contribution in [-0.2, 0) is 32.6 Å². The largest absolute Gasteiger partial charge is 0.354 e. The average Bonchev–Trinajstić information content (AvgIpc) is 3.01. The van der Waals surface area contributed by atoms with Crippen LogP contribution in [0.5, 0.6) is 0 Å². The molecule has 0 aliphatic carbocycles. The molecule has 4 aromatic rings. The third-order valence-electron chi connectivity index (χ3n) is 7.17. The van der Waals surface area contributed by atoms with Gasteiger partial charge in [0.2, 0.25) is 11.8 Å². The van der Waals surface area contributed by atoms with Gasteiger partial charge in [0.15, 0.2) is 0 Å². The standard InChI is InChI=1S/C34H35Cl2N3O4S/c1-3-18-37-34(41)32(19-26-13-6-4-7-14-26)38(23-27-15-11-10-12-25(27)2)33(40)24-39(30-21-28(35)20-29(36)22-30)44(42,43)31-16-8-5-9-17-31/h4-17,20-22,32H,3,18-19,23-24H2,1-2H3,(H,37,41)/t32-/m1/s1. The van der Waals surface area contributed by atoms with Crippen molar-refractivity contribution >= 4 is 50.7 Å². The number of anilines is 1. The Morgan fingerprint density at radius 1 is 0.841 bits per heavy atom. The maximum absolute atomic E-state index is 14.5. The van der Waals surface area contributed by atoms with Crippen LogP contribution in [-0.4, -0.2) is 44.3 Å². The number of amides is 2. The second-order valence-electron chi connectivity index (χ2n) is 10.4. The zero-order valence-corrected chi connectivity index (χ0v) is 26.9. The summed E-state index contributed by atoms with van der Waals surface area (Å²) in [6.07, 6.45) is 0.955. The first kappa shape index (κ1) is 33.1. The molecule has 7 nitrogen and oxygen atoms in total. The zero-order chi connectivity index (χ0) is 31.7. The molecule has 0 spiro atoms. The Bertz CT molecular complexity index is 1670. The Labute approximate surface area is 269 Å². The van der Waals surface area contributed by atoms with E-state index < -0.39 is 28.5 Å². The quantitative estimate of drug-likeness (QED) is 0.175. The molecule has 0 aliphatic heterocycles. The Kier molecular flexibility index (Phi) is 11.4. The number of rotatable bonds is 13. The Morgan fingerprint density at radius 3 is 2.05 bits per heavy atom. The van der Waals surface area contributed by atoms with Crippen molar-refractivity contribution in [2.24, 2.45) is 0 Å². The summed E-state index contributed by atoms with van der Waals surface area (Å²) >= 11 is 12.6. The molecule has 0 saturated heterocycles. The molecule has 0 aliphatic rings. The van der Waals surface area contributed by atoms with E-state index in [4.69, 9.17) is 23.2 Å². The van der Waals surface area contributed by atoms with Crippen molar-refractivity contribution in [3.05, 3.63) is 130 Å². The lowest BCUT2D eigenvalue weighted by atomic mass is 10.0. The van der Waals surface area contributed by atoms with Gasteiger partial charge in [0.25, 0.3) is 10.0 Å². The molecule has 10 heteroatoms. The van der Waals surface area contributed by atoms with Crippen molar-refractivity contribution in [2.45, 2.75) is 44.2 Å². The molecule has 0 fully saturated rings. The highest BCUT2D eigenvalue weighted by atomic mass is 35.5. The average molecular weight is 653 g/mol. The maximum Gasteiger partial charge on any atom is 0.264 e. The minimum Gasteiger partial charge on any atom is -0.354 e. The van der Waals surface area contributed by atoms with Crippen LogP contribution in [0, 0.1) is 6.92 Å². The third-order valence-corrected chi connectivity index (χ3v) is 9.39. The molecule has 44 heavy (non-hydrogen) atoms. The molecule has 1 N–H and O–H groups in total. The predicted molar refractivity (Wildman–Crippen MR) is 176 cm³/mol. The molecule has 1 atom stereocenters. The first-order valence-electron chi connectivity index (χ1n) is 14.3. The van der Waals surface area contributed by atoms with Gasteiger partial charge in [0.1, 0.15) is 12.6 Å². The topological polar surface area (TPSA) is 86.8 Å². The number of hydrogen-bond acceptors (Lipinski definition) is 4. The number of nitrogens with one attached hydrogen (secondary N) is 1. The second kappa shape index (κ2) is 15.2. The first-order valence-corrected chi connectivity index (χ1v) is 16.5. The monoisotopic (exact) mass is 651 g/mol. The number of carbonyl (C=O) groups is 2. The van der Waals surface area contributed by atoms with Gasteiger partial charge >= 0.3 is 0 Å². The van der Waals surface area contributed by atoms with Crippen molar-refractivity contribution in [2.75, 3.05) is 17.4 Å².